The molecule has 29 heavy (non-hydrogen) atoms. The average Bonchev–Trinajstić information content (AvgIpc) is 3.37. The normalized spacial score (nSPS) is 11.4. The lowest BCUT2D eigenvalue weighted by atomic mass is 10.1. The number of pyridine rings is 1. The first kappa shape index (κ1) is 22.8. The summed E-state index contributed by atoms with van der Waals surface area (Å²) in [5.41, 5.74) is 1.60. The number of hydrogen-bond acceptors (Lipinski definition) is 7. The number of rotatable bonds is 8. The highest BCUT2D eigenvalue weighted by Crippen LogP contribution is 2.15. The van der Waals surface area contributed by atoms with Crippen LogP contribution in [0.15, 0.2) is 44.5 Å². The van der Waals surface area contributed by atoms with Crippen LogP contribution in [0.1, 0.15) is 44.0 Å². The Labute approximate surface area is 186 Å². The van der Waals surface area contributed by atoms with E-state index in [0.29, 0.717) is 48.8 Å². The molecule has 0 aliphatic carbocycles. The summed E-state index contributed by atoms with van der Waals surface area (Å²) in [7, 11) is 0. The highest BCUT2D eigenvalue weighted by Gasteiger charge is 2.10. The van der Waals surface area contributed by atoms with Crippen molar-refractivity contribution < 1.29 is 9.05 Å². The maximum absolute atomic E-state index is 5.32. The molecule has 0 saturated carbocycles. The molecule has 0 aromatic carbocycles. The molecule has 0 amide bonds. The van der Waals surface area contributed by atoms with Crippen LogP contribution >= 0.6 is 24.0 Å². The molecule has 0 radical (unpaired) electrons. The third kappa shape index (κ3) is 6.80. The van der Waals surface area contributed by atoms with E-state index in [0.717, 1.165) is 18.0 Å². The summed E-state index contributed by atoms with van der Waals surface area (Å²) in [5.74, 6) is 2.79. The molecule has 0 aliphatic heterocycles. The monoisotopic (exact) mass is 511 g/mol. The number of aliphatic imine (C=N–C) groups is 1. The molecule has 0 atom stereocenters. The van der Waals surface area contributed by atoms with Crippen LogP contribution in [0.3, 0.4) is 0 Å². The van der Waals surface area contributed by atoms with E-state index in [9.17, 15) is 0 Å². The summed E-state index contributed by atoms with van der Waals surface area (Å²) in [5, 5.41) is 14.5. The zero-order valence-electron chi connectivity index (χ0n) is 16.8. The molecule has 0 bridgehead atoms. The molecule has 0 aliphatic rings. The molecular formula is C19H26IN7O2. The van der Waals surface area contributed by atoms with Gasteiger partial charge in [-0.2, -0.15) is 4.98 Å². The van der Waals surface area contributed by atoms with Crippen molar-refractivity contribution in [2.45, 2.75) is 39.7 Å². The Morgan fingerprint density at radius 2 is 2.03 bits per heavy atom. The molecule has 3 rings (SSSR count). The fourth-order valence-electron chi connectivity index (χ4n) is 2.42. The van der Waals surface area contributed by atoms with E-state index in [1.54, 1.807) is 6.20 Å². The van der Waals surface area contributed by atoms with Crippen molar-refractivity contribution in [1.82, 2.24) is 30.9 Å². The Balaban J connectivity index is 0.00000300. The zero-order valence-corrected chi connectivity index (χ0v) is 19.1. The molecule has 3 aromatic rings. The molecule has 0 saturated heterocycles. The maximum Gasteiger partial charge on any atom is 0.276 e. The summed E-state index contributed by atoms with van der Waals surface area (Å²) in [6.45, 7) is 7.95. The molecule has 3 heterocycles. The van der Waals surface area contributed by atoms with Crippen molar-refractivity contribution in [2.24, 2.45) is 4.99 Å². The van der Waals surface area contributed by atoms with E-state index in [1.165, 1.54) is 0 Å². The summed E-state index contributed by atoms with van der Waals surface area (Å²) >= 11 is 0. The van der Waals surface area contributed by atoms with Crippen molar-refractivity contribution in [3.63, 3.8) is 0 Å². The standard InChI is InChI=1S/C19H25N7O2.HI/c1-4-20-19(23-12-14-11-16(13(2)3)25-27-14)22-10-8-17-24-18(28-26-17)15-7-5-6-9-21-15;/h5-7,9,11,13H,4,8,10,12H2,1-3H3,(H2,20,22,23);1H. The molecule has 0 fully saturated rings. The molecule has 2 N–H and O–H groups in total. The fraction of sp³-hybridized carbons (Fsp3) is 0.421. The highest BCUT2D eigenvalue weighted by atomic mass is 127. The predicted molar refractivity (Wildman–Crippen MR) is 120 cm³/mol. The van der Waals surface area contributed by atoms with Crippen LogP contribution in [-0.4, -0.2) is 39.3 Å². The second-order valence-corrected chi connectivity index (χ2v) is 6.48. The minimum absolute atomic E-state index is 0. The van der Waals surface area contributed by atoms with E-state index in [4.69, 9.17) is 9.05 Å². The SMILES string of the molecule is CCNC(=NCc1cc(C(C)C)no1)NCCc1noc(-c2ccccn2)n1.I. The smallest absolute Gasteiger partial charge is 0.276 e. The van der Waals surface area contributed by atoms with Gasteiger partial charge in [-0.25, -0.2) is 4.99 Å². The van der Waals surface area contributed by atoms with Crippen LogP contribution in [0.4, 0.5) is 0 Å². The van der Waals surface area contributed by atoms with E-state index in [1.807, 2.05) is 31.2 Å². The first-order chi connectivity index (χ1) is 13.7. The van der Waals surface area contributed by atoms with Crippen molar-refractivity contribution in [3.05, 3.63) is 47.7 Å². The van der Waals surface area contributed by atoms with Gasteiger partial charge in [-0.05, 0) is 25.0 Å². The Kier molecular flexibility index (Phi) is 9.03. The number of aromatic nitrogens is 4. The summed E-state index contributed by atoms with van der Waals surface area (Å²) in [4.78, 5) is 13.1. The Hall–Kier alpha value is -2.50. The van der Waals surface area contributed by atoms with Gasteiger partial charge in [-0.15, -0.1) is 24.0 Å². The van der Waals surface area contributed by atoms with Crippen LogP contribution < -0.4 is 10.6 Å². The van der Waals surface area contributed by atoms with Gasteiger partial charge in [0.1, 0.15) is 12.2 Å². The maximum atomic E-state index is 5.32. The summed E-state index contributed by atoms with van der Waals surface area (Å²) < 4.78 is 10.6. The minimum atomic E-state index is 0. The number of hydrogen-bond donors (Lipinski definition) is 2. The molecule has 3 aromatic heterocycles. The first-order valence-electron chi connectivity index (χ1n) is 9.37. The van der Waals surface area contributed by atoms with Gasteiger partial charge in [-0.1, -0.05) is 30.2 Å². The first-order valence-corrected chi connectivity index (χ1v) is 9.37. The van der Waals surface area contributed by atoms with E-state index in [-0.39, 0.29) is 24.0 Å². The van der Waals surface area contributed by atoms with Crippen molar-refractivity contribution in [1.29, 1.82) is 0 Å². The Bertz CT molecular complexity index is 893. The minimum Gasteiger partial charge on any atom is -0.359 e. The number of nitrogens with zero attached hydrogens (tertiary/aromatic N) is 5. The lowest BCUT2D eigenvalue weighted by Gasteiger charge is -2.09. The number of halogens is 1. The molecule has 0 spiro atoms. The van der Waals surface area contributed by atoms with Gasteiger partial charge in [0.25, 0.3) is 5.89 Å². The second kappa shape index (κ2) is 11.5. The van der Waals surface area contributed by atoms with Gasteiger partial charge in [0.05, 0.1) is 5.69 Å². The Morgan fingerprint density at radius 3 is 2.72 bits per heavy atom. The van der Waals surface area contributed by atoms with Gasteiger partial charge in [0.2, 0.25) is 0 Å². The van der Waals surface area contributed by atoms with Crippen molar-refractivity contribution in [3.8, 4) is 11.6 Å². The third-order valence-electron chi connectivity index (χ3n) is 3.90. The van der Waals surface area contributed by atoms with Crippen LogP contribution in [0, 0.1) is 0 Å². The second-order valence-electron chi connectivity index (χ2n) is 6.48. The van der Waals surface area contributed by atoms with Crippen molar-refractivity contribution >= 4 is 29.9 Å². The largest absolute Gasteiger partial charge is 0.359 e. The van der Waals surface area contributed by atoms with Crippen molar-refractivity contribution in [2.75, 3.05) is 13.1 Å². The van der Waals surface area contributed by atoms with Gasteiger partial charge >= 0.3 is 0 Å². The topological polar surface area (TPSA) is 114 Å². The molecular weight excluding hydrogens is 485 g/mol. The zero-order chi connectivity index (χ0) is 19.8. The quantitative estimate of drug-likeness (QED) is 0.269. The summed E-state index contributed by atoms with van der Waals surface area (Å²) in [6.07, 6.45) is 2.29. The molecule has 10 heteroatoms. The van der Waals surface area contributed by atoms with E-state index < -0.39 is 0 Å². The predicted octanol–water partition coefficient (Wildman–Crippen LogP) is 3.16. The summed E-state index contributed by atoms with van der Waals surface area (Å²) in [6, 6.07) is 7.50. The lowest BCUT2D eigenvalue weighted by molar-refractivity contribution is 0.376. The van der Waals surface area contributed by atoms with Gasteiger partial charge in [0.15, 0.2) is 17.5 Å². The number of nitrogens with one attached hydrogen (secondary N) is 2. The van der Waals surface area contributed by atoms with Crippen LogP contribution in [-0.2, 0) is 13.0 Å². The van der Waals surface area contributed by atoms with Crippen LogP contribution in [0.5, 0.6) is 0 Å². The highest BCUT2D eigenvalue weighted by molar-refractivity contribution is 14.0. The fourth-order valence-corrected chi connectivity index (χ4v) is 2.42. The van der Waals surface area contributed by atoms with Gasteiger partial charge in [0, 0.05) is 31.8 Å². The van der Waals surface area contributed by atoms with Crippen LogP contribution in [0.2, 0.25) is 0 Å². The molecule has 156 valence electrons. The van der Waals surface area contributed by atoms with E-state index in [2.05, 4.69) is 49.8 Å². The van der Waals surface area contributed by atoms with E-state index >= 15 is 0 Å². The number of guanidine groups is 1. The molecule has 9 nitrogen and oxygen atoms in total. The van der Waals surface area contributed by atoms with Gasteiger partial charge < -0.3 is 19.7 Å². The third-order valence-corrected chi connectivity index (χ3v) is 3.90. The Morgan fingerprint density at radius 1 is 1.17 bits per heavy atom. The van der Waals surface area contributed by atoms with Gasteiger partial charge in [-0.3, -0.25) is 4.98 Å². The average molecular weight is 511 g/mol. The lowest BCUT2D eigenvalue weighted by Crippen LogP contribution is -2.38. The van der Waals surface area contributed by atoms with Crippen LogP contribution in [0.25, 0.3) is 11.6 Å². The molecule has 0 unspecified atom stereocenters.